The van der Waals surface area contributed by atoms with E-state index in [1.165, 1.54) is 24.3 Å². The maximum absolute atomic E-state index is 13.1. The van der Waals surface area contributed by atoms with E-state index >= 15 is 0 Å². The van der Waals surface area contributed by atoms with Crippen molar-refractivity contribution in [2.75, 3.05) is 6.54 Å². The average molecular weight is 459 g/mol. The van der Waals surface area contributed by atoms with Gasteiger partial charge in [0.2, 0.25) is 20.0 Å². The predicted molar refractivity (Wildman–Crippen MR) is 122 cm³/mol. The summed E-state index contributed by atoms with van der Waals surface area (Å²) in [5.74, 6) is 0. The lowest BCUT2D eigenvalue weighted by atomic mass is 9.94. The molecule has 0 fully saturated rings. The predicted octanol–water partition coefficient (Wildman–Crippen LogP) is 3.48. The highest BCUT2D eigenvalue weighted by Gasteiger charge is 2.34. The largest absolute Gasteiger partial charge is 0.241 e. The highest BCUT2D eigenvalue weighted by Crippen LogP contribution is 2.24. The molecule has 0 bridgehead atoms. The van der Waals surface area contributed by atoms with Gasteiger partial charge in [-0.1, -0.05) is 65.7 Å². The summed E-state index contributed by atoms with van der Waals surface area (Å²) >= 11 is 0. The van der Waals surface area contributed by atoms with Crippen molar-refractivity contribution >= 4 is 20.0 Å². The minimum Gasteiger partial charge on any atom is -0.209 e. The molecule has 3 aromatic carbocycles. The van der Waals surface area contributed by atoms with Crippen molar-refractivity contribution in [1.82, 2.24) is 9.44 Å². The van der Waals surface area contributed by atoms with Crippen LogP contribution in [0.2, 0.25) is 0 Å². The Hall–Kier alpha value is -2.52. The van der Waals surface area contributed by atoms with Gasteiger partial charge in [-0.2, -0.15) is 4.72 Å². The molecule has 0 spiro atoms. The van der Waals surface area contributed by atoms with Gasteiger partial charge in [0.25, 0.3) is 0 Å². The molecular weight excluding hydrogens is 432 g/mol. The van der Waals surface area contributed by atoms with Gasteiger partial charge in [-0.3, -0.25) is 0 Å². The quantitative estimate of drug-likeness (QED) is 0.541. The molecule has 3 rings (SSSR count). The first-order chi connectivity index (χ1) is 14.5. The number of nitrogens with one attached hydrogen (secondary N) is 2. The molecule has 0 aliphatic heterocycles. The molecule has 164 valence electrons. The molecule has 8 heteroatoms. The third-order valence-electron chi connectivity index (χ3n) is 5.05. The second kappa shape index (κ2) is 8.92. The van der Waals surface area contributed by atoms with Crippen LogP contribution in [0.15, 0.2) is 88.7 Å². The fourth-order valence-electron chi connectivity index (χ4n) is 3.12. The van der Waals surface area contributed by atoms with E-state index in [2.05, 4.69) is 9.44 Å². The second-order valence-electron chi connectivity index (χ2n) is 7.75. The Morgan fingerprint density at radius 3 is 1.61 bits per heavy atom. The van der Waals surface area contributed by atoms with Gasteiger partial charge < -0.3 is 0 Å². The zero-order chi connectivity index (χ0) is 22.7. The zero-order valence-electron chi connectivity index (χ0n) is 17.7. The zero-order valence-corrected chi connectivity index (χ0v) is 19.3. The SMILES string of the molecule is Cc1ccc(S(=O)(=O)NC[C@](C)(NS(=O)(=O)c2ccc(C)cc2)c2ccccc2)cc1. The maximum Gasteiger partial charge on any atom is 0.241 e. The first kappa shape index (κ1) is 23.1. The van der Waals surface area contributed by atoms with Gasteiger partial charge in [0, 0.05) is 6.54 Å². The number of hydrogen-bond acceptors (Lipinski definition) is 4. The Kier molecular flexibility index (Phi) is 6.66. The van der Waals surface area contributed by atoms with Gasteiger partial charge in [0.15, 0.2) is 0 Å². The van der Waals surface area contributed by atoms with E-state index in [1.54, 1.807) is 55.5 Å². The minimum atomic E-state index is -3.91. The van der Waals surface area contributed by atoms with Gasteiger partial charge in [-0.15, -0.1) is 0 Å². The fourth-order valence-corrected chi connectivity index (χ4v) is 5.65. The van der Waals surface area contributed by atoms with E-state index in [1.807, 2.05) is 19.9 Å². The number of benzene rings is 3. The first-order valence-electron chi connectivity index (χ1n) is 9.74. The standard InChI is InChI=1S/C23H26N2O4S2/c1-18-9-13-21(14-10-18)30(26,27)24-17-23(3,20-7-5-4-6-8-20)25-31(28,29)22-15-11-19(2)12-16-22/h4-16,24-25H,17H2,1-3H3/t23-/m0/s1. The molecule has 0 radical (unpaired) electrons. The van der Waals surface area contributed by atoms with Crippen molar-refractivity contribution in [3.63, 3.8) is 0 Å². The Labute approximate surface area is 184 Å². The Balaban J connectivity index is 1.93. The molecule has 1 atom stereocenters. The van der Waals surface area contributed by atoms with Crippen LogP contribution in [0.1, 0.15) is 23.6 Å². The molecule has 0 saturated carbocycles. The van der Waals surface area contributed by atoms with Crippen LogP contribution in [0.25, 0.3) is 0 Å². The first-order valence-corrected chi connectivity index (χ1v) is 12.7. The summed E-state index contributed by atoms with van der Waals surface area (Å²) in [6.45, 7) is 5.23. The van der Waals surface area contributed by atoms with Crippen LogP contribution in [0.3, 0.4) is 0 Å². The Bertz CT molecular complexity index is 1240. The van der Waals surface area contributed by atoms with E-state index in [9.17, 15) is 16.8 Å². The van der Waals surface area contributed by atoms with Crippen LogP contribution in [-0.4, -0.2) is 23.4 Å². The van der Waals surface area contributed by atoms with E-state index < -0.39 is 25.6 Å². The molecule has 0 aliphatic carbocycles. The average Bonchev–Trinajstić information content (AvgIpc) is 2.73. The number of sulfonamides is 2. The summed E-state index contributed by atoms with van der Waals surface area (Å²) in [5, 5.41) is 0. The Morgan fingerprint density at radius 2 is 1.13 bits per heavy atom. The third-order valence-corrected chi connectivity index (χ3v) is 8.08. The lowest BCUT2D eigenvalue weighted by Crippen LogP contribution is -2.51. The van der Waals surface area contributed by atoms with Crippen molar-refractivity contribution in [3.05, 3.63) is 95.6 Å². The van der Waals surface area contributed by atoms with Crippen LogP contribution in [0, 0.1) is 13.8 Å². The second-order valence-corrected chi connectivity index (χ2v) is 11.2. The minimum absolute atomic E-state index is 0.113. The third kappa shape index (κ3) is 5.59. The van der Waals surface area contributed by atoms with Crippen LogP contribution >= 0.6 is 0 Å². The number of aryl methyl sites for hydroxylation is 2. The summed E-state index contributed by atoms with van der Waals surface area (Å²) in [5.41, 5.74) is 1.30. The van der Waals surface area contributed by atoms with Crippen LogP contribution < -0.4 is 9.44 Å². The highest BCUT2D eigenvalue weighted by molar-refractivity contribution is 7.90. The smallest absolute Gasteiger partial charge is 0.209 e. The maximum atomic E-state index is 13.1. The van der Waals surface area contributed by atoms with Crippen molar-refractivity contribution in [2.45, 2.75) is 36.1 Å². The van der Waals surface area contributed by atoms with E-state index in [-0.39, 0.29) is 16.3 Å². The van der Waals surface area contributed by atoms with Gasteiger partial charge in [-0.25, -0.2) is 21.6 Å². The van der Waals surface area contributed by atoms with Crippen LogP contribution in [-0.2, 0) is 25.6 Å². The molecule has 3 aromatic rings. The van der Waals surface area contributed by atoms with E-state index in [0.717, 1.165) is 11.1 Å². The van der Waals surface area contributed by atoms with Gasteiger partial charge in [-0.05, 0) is 50.6 Å². The van der Waals surface area contributed by atoms with Crippen molar-refractivity contribution in [3.8, 4) is 0 Å². The molecule has 0 heterocycles. The monoisotopic (exact) mass is 458 g/mol. The molecule has 0 aliphatic rings. The molecule has 0 amide bonds. The molecule has 0 aromatic heterocycles. The summed E-state index contributed by atoms with van der Waals surface area (Å²) in [6.07, 6.45) is 0. The Morgan fingerprint density at radius 1 is 0.677 bits per heavy atom. The van der Waals surface area contributed by atoms with Crippen molar-refractivity contribution in [1.29, 1.82) is 0 Å². The fraction of sp³-hybridized carbons (Fsp3) is 0.217. The highest BCUT2D eigenvalue weighted by atomic mass is 32.2. The summed E-state index contributed by atoms with van der Waals surface area (Å²) < 4.78 is 57.0. The number of hydrogen-bond donors (Lipinski definition) is 2. The van der Waals surface area contributed by atoms with E-state index in [0.29, 0.717) is 5.56 Å². The van der Waals surface area contributed by atoms with Crippen LogP contribution in [0.5, 0.6) is 0 Å². The molecule has 0 unspecified atom stereocenters. The molecule has 31 heavy (non-hydrogen) atoms. The molecule has 6 nitrogen and oxygen atoms in total. The van der Waals surface area contributed by atoms with Crippen LogP contribution in [0.4, 0.5) is 0 Å². The topological polar surface area (TPSA) is 92.3 Å². The molecular formula is C23H26N2O4S2. The molecule has 2 N–H and O–H groups in total. The van der Waals surface area contributed by atoms with Gasteiger partial charge in [0.05, 0.1) is 15.3 Å². The van der Waals surface area contributed by atoms with E-state index in [4.69, 9.17) is 0 Å². The van der Waals surface area contributed by atoms with Crippen molar-refractivity contribution in [2.24, 2.45) is 0 Å². The lowest BCUT2D eigenvalue weighted by molar-refractivity contribution is 0.423. The summed E-state index contributed by atoms with van der Waals surface area (Å²) in [6, 6.07) is 21.9. The lowest BCUT2D eigenvalue weighted by Gasteiger charge is -2.31. The van der Waals surface area contributed by atoms with Crippen molar-refractivity contribution < 1.29 is 16.8 Å². The van der Waals surface area contributed by atoms with Gasteiger partial charge in [0.1, 0.15) is 0 Å². The summed E-state index contributed by atoms with van der Waals surface area (Å²) in [7, 11) is -7.73. The summed E-state index contributed by atoms with van der Waals surface area (Å²) in [4.78, 5) is 0.233. The normalized spacial score (nSPS) is 14.2. The van der Waals surface area contributed by atoms with Gasteiger partial charge >= 0.3 is 0 Å². The molecule has 0 saturated heterocycles. The number of rotatable bonds is 8.